The summed E-state index contributed by atoms with van der Waals surface area (Å²) in [6, 6.07) is 6.28. The number of carbonyl (C=O) groups excluding carboxylic acids is 1. The largest absolute Gasteiger partial charge is 0.480 e. The maximum absolute atomic E-state index is 12.3. The van der Waals surface area contributed by atoms with Crippen molar-refractivity contribution in [2.45, 2.75) is 13.0 Å². The molecule has 1 aliphatic rings. The third kappa shape index (κ3) is 2.36. The Kier molecular flexibility index (Phi) is 3.62. The van der Waals surface area contributed by atoms with Crippen molar-refractivity contribution >= 4 is 11.9 Å². The lowest BCUT2D eigenvalue weighted by Crippen LogP contribution is -2.52. The van der Waals surface area contributed by atoms with Crippen LogP contribution in [0.2, 0.25) is 0 Å². The van der Waals surface area contributed by atoms with Crippen molar-refractivity contribution < 1.29 is 19.4 Å². The van der Waals surface area contributed by atoms with Gasteiger partial charge in [0.1, 0.15) is 0 Å². The second-order valence-electron chi connectivity index (χ2n) is 4.24. The average Bonchev–Trinajstić information content (AvgIpc) is 2.38. The molecule has 1 atom stereocenters. The summed E-state index contributed by atoms with van der Waals surface area (Å²) in [5.41, 5.74) is 1.39. The van der Waals surface area contributed by atoms with Crippen molar-refractivity contribution in [1.82, 2.24) is 4.90 Å². The second kappa shape index (κ2) is 5.18. The zero-order chi connectivity index (χ0) is 13.1. The summed E-state index contributed by atoms with van der Waals surface area (Å²) in [4.78, 5) is 24.8. The minimum absolute atomic E-state index is 0.0486. The Morgan fingerprint density at radius 2 is 2.11 bits per heavy atom. The lowest BCUT2D eigenvalue weighted by atomic mass is 10.1. The van der Waals surface area contributed by atoms with E-state index in [4.69, 9.17) is 9.84 Å². The summed E-state index contributed by atoms with van der Waals surface area (Å²) >= 11 is 0. The van der Waals surface area contributed by atoms with E-state index < -0.39 is 12.0 Å². The molecule has 0 aliphatic carbocycles. The molecular formula is C13H15NO4. The van der Waals surface area contributed by atoms with Crippen molar-refractivity contribution in [3.8, 4) is 0 Å². The van der Waals surface area contributed by atoms with Crippen LogP contribution in [0.25, 0.3) is 0 Å². The number of aryl methyl sites for hydroxylation is 1. The summed E-state index contributed by atoms with van der Waals surface area (Å²) in [7, 11) is 0. The first kappa shape index (κ1) is 12.6. The number of morpholine rings is 1. The highest BCUT2D eigenvalue weighted by Gasteiger charge is 2.33. The molecule has 1 saturated heterocycles. The molecule has 5 heteroatoms. The van der Waals surface area contributed by atoms with Crippen LogP contribution in [0.3, 0.4) is 0 Å². The molecule has 0 radical (unpaired) electrons. The first-order chi connectivity index (χ1) is 8.61. The number of hydrogen-bond donors (Lipinski definition) is 1. The Labute approximate surface area is 105 Å². The molecule has 5 nitrogen and oxygen atoms in total. The van der Waals surface area contributed by atoms with Crippen LogP contribution < -0.4 is 0 Å². The van der Waals surface area contributed by atoms with E-state index in [0.29, 0.717) is 18.7 Å². The zero-order valence-corrected chi connectivity index (χ0v) is 10.1. The monoisotopic (exact) mass is 249 g/mol. The summed E-state index contributed by atoms with van der Waals surface area (Å²) < 4.78 is 5.12. The topological polar surface area (TPSA) is 66.8 Å². The molecule has 96 valence electrons. The van der Waals surface area contributed by atoms with E-state index in [2.05, 4.69) is 0 Å². The molecule has 1 amide bonds. The van der Waals surface area contributed by atoms with Gasteiger partial charge in [-0.25, -0.2) is 4.79 Å². The van der Waals surface area contributed by atoms with Gasteiger partial charge in [0.2, 0.25) is 0 Å². The molecule has 0 saturated carbocycles. The molecule has 18 heavy (non-hydrogen) atoms. The number of nitrogens with zero attached hydrogens (tertiary/aromatic N) is 1. The van der Waals surface area contributed by atoms with Gasteiger partial charge < -0.3 is 14.7 Å². The summed E-state index contributed by atoms with van der Waals surface area (Å²) in [5.74, 6) is -1.28. The van der Waals surface area contributed by atoms with Gasteiger partial charge in [0.15, 0.2) is 6.04 Å². The number of carbonyl (C=O) groups is 2. The van der Waals surface area contributed by atoms with Gasteiger partial charge in [0.05, 0.1) is 13.2 Å². The lowest BCUT2D eigenvalue weighted by Gasteiger charge is -2.33. The van der Waals surface area contributed by atoms with Gasteiger partial charge in [-0.1, -0.05) is 18.2 Å². The Morgan fingerprint density at radius 3 is 2.78 bits per heavy atom. The number of benzene rings is 1. The lowest BCUT2D eigenvalue weighted by molar-refractivity contribution is -0.147. The third-order valence-corrected chi connectivity index (χ3v) is 3.05. The summed E-state index contributed by atoms with van der Waals surface area (Å²) in [6.07, 6.45) is 0. The van der Waals surface area contributed by atoms with E-state index >= 15 is 0 Å². The Morgan fingerprint density at radius 1 is 1.39 bits per heavy atom. The van der Waals surface area contributed by atoms with Crippen LogP contribution in [-0.2, 0) is 9.53 Å². The van der Waals surface area contributed by atoms with Crippen molar-refractivity contribution in [1.29, 1.82) is 0 Å². The average molecular weight is 249 g/mol. The number of carboxylic acids is 1. The Hall–Kier alpha value is -1.88. The van der Waals surface area contributed by atoms with E-state index in [1.54, 1.807) is 12.1 Å². The molecule has 1 aromatic rings. The minimum atomic E-state index is -1.03. The fourth-order valence-corrected chi connectivity index (χ4v) is 2.02. The molecule has 1 heterocycles. The Balaban J connectivity index is 2.27. The third-order valence-electron chi connectivity index (χ3n) is 3.05. The van der Waals surface area contributed by atoms with Crippen molar-refractivity contribution in [2.75, 3.05) is 19.8 Å². The van der Waals surface area contributed by atoms with Crippen LogP contribution in [0.5, 0.6) is 0 Å². The molecule has 1 aromatic carbocycles. The van der Waals surface area contributed by atoms with Crippen LogP contribution in [0, 0.1) is 6.92 Å². The normalized spacial score (nSPS) is 19.6. The molecule has 0 spiro atoms. The number of hydrogen-bond acceptors (Lipinski definition) is 3. The van der Waals surface area contributed by atoms with Crippen molar-refractivity contribution in [2.24, 2.45) is 0 Å². The molecule has 0 bridgehead atoms. The van der Waals surface area contributed by atoms with E-state index in [9.17, 15) is 9.59 Å². The number of rotatable bonds is 2. The molecule has 0 aromatic heterocycles. The molecule has 1 aliphatic heterocycles. The molecular weight excluding hydrogens is 234 g/mol. The second-order valence-corrected chi connectivity index (χ2v) is 4.24. The van der Waals surface area contributed by atoms with Crippen molar-refractivity contribution in [3.63, 3.8) is 0 Å². The van der Waals surface area contributed by atoms with Crippen LogP contribution in [0.15, 0.2) is 24.3 Å². The summed E-state index contributed by atoms with van der Waals surface area (Å²) in [6.45, 7) is 2.57. The Bertz CT molecular complexity index is 472. The number of amides is 1. The first-order valence-corrected chi connectivity index (χ1v) is 5.78. The predicted octanol–water partition coefficient (Wildman–Crippen LogP) is 0.921. The highest BCUT2D eigenvalue weighted by Crippen LogP contribution is 2.15. The maximum Gasteiger partial charge on any atom is 0.328 e. The van der Waals surface area contributed by atoms with Crippen molar-refractivity contribution in [3.05, 3.63) is 35.4 Å². The standard InChI is InChI=1S/C13H15NO4/c1-9-4-2-3-5-10(9)12(15)14-6-7-18-8-11(14)13(16)17/h2-5,11H,6-8H2,1H3,(H,16,17)/t11-/m1/s1. The van der Waals surface area contributed by atoms with Crippen LogP contribution in [-0.4, -0.2) is 47.7 Å². The summed E-state index contributed by atoms with van der Waals surface area (Å²) in [5, 5.41) is 9.10. The van der Waals surface area contributed by atoms with Gasteiger partial charge in [-0.05, 0) is 18.6 Å². The fraction of sp³-hybridized carbons (Fsp3) is 0.385. The molecule has 1 N–H and O–H groups in total. The quantitative estimate of drug-likeness (QED) is 0.846. The van der Waals surface area contributed by atoms with E-state index in [0.717, 1.165) is 5.56 Å². The molecule has 1 fully saturated rings. The van der Waals surface area contributed by atoms with E-state index in [1.807, 2.05) is 19.1 Å². The van der Waals surface area contributed by atoms with Gasteiger partial charge in [-0.15, -0.1) is 0 Å². The van der Waals surface area contributed by atoms with Gasteiger partial charge in [0, 0.05) is 12.1 Å². The zero-order valence-electron chi connectivity index (χ0n) is 10.1. The highest BCUT2D eigenvalue weighted by molar-refractivity contribution is 5.97. The van der Waals surface area contributed by atoms with Crippen LogP contribution in [0.1, 0.15) is 15.9 Å². The van der Waals surface area contributed by atoms with Gasteiger partial charge in [-0.3, -0.25) is 4.79 Å². The van der Waals surface area contributed by atoms with E-state index in [1.165, 1.54) is 4.90 Å². The molecule has 2 rings (SSSR count). The SMILES string of the molecule is Cc1ccccc1C(=O)N1CCOC[C@@H]1C(=O)O. The fourth-order valence-electron chi connectivity index (χ4n) is 2.02. The smallest absolute Gasteiger partial charge is 0.328 e. The van der Waals surface area contributed by atoms with Crippen LogP contribution >= 0.6 is 0 Å². The van der Waals surface area contributed by atoms with Gasteiger partial charge in [-0.2, -0.15) is 0 Å². The number of aliphatic carboxylic acids is 1. The van der Waals surface area contributed by atoms with Gasteiger partial charge in [0.25, 0.3) is 5.91 Å². The minimum Gasteiger partial charge on any atom is -0.480 e. The highest BCUT2D eigenvalue weighted by atomic mass is 16.5. The van der Waals surface area contributed by atoms with E-state index in [-0.39, 0.29) is 12.5 Å². The molecule has 0 unspecified atom stereocenters. The van der Waals surface area contributed by atoms with Gasteiger partial charge >= 0.3 is 5.97 Å². The number of ether oxygens (including phenoxy) is 1. The first-order valence-electron chi connectivity index (χ1n) is 5.78. The maximum atomic E-state index is 12.3. The van der Waals surface area contributed by atoms with Crippen LogP contribution in [0.4, 0.5) is 0 Å². The predicted molar refractivity (Wildman–Crippen MR) is 64.5 cm³/mol. The number of carboxylic acid groups (broad SMARTS) is 1.